The Bertz CT molecular complexity index is 796. The molecule has 0 saturated heterocycles. The van der Waals surface area contributed by atoms with Gasteiger partial charge in [-0.25, -0.2) is 0 Å². The number of hydrogen-bond donors (Lipinski definition) is 0. The van der Waals surface area contributed by atoms with Gasteiger partial charge in [0.05, 0.1) is 5.92 Å². The predicted molar refractivity (Wildman–Crippen MR) is 76.7 cm³/mol. The smallest absolute Gasteiger partial charge is 0.314 e. The largest absolute Gasteiger partial charge is 0.456 e. The number of para-hydroxylation sites is 1. The third kappa shape index (κ3) is 1.78. The van der Waals surface area contributed by atoms with Crippen LogP contribution in [0.1, 0.15) is 19.3 Å². The van der Waals surface area contributed by atoms with Gasteiger partial charge in [0.1, 0.15) is 16.9 Å². The average Bonchev–Trinajstić information content (AvgIpc) is 2.75. The van der Waals surface area contributed by atoms with Gasteiger partial charge in [-0.1, -0.05) is 24.6 Å². The van der Waals surface area contributed by atoms with Crippen molar-refractivity contribution in [3.05, 3.63) is 42.5 Å². The number of fused-ring (bicyclic) bond motifs is 3. The summed E-state index contributed by atoms with van der Waals surface area (Å²) in [6, 6.07) is 13.4. The Balaban J connectivity index is 1.73. The fourth-order valence-corrected chi connectivity index (χ4v) is 2.61. The highest BCUT2D eigenvalue weighted by molar-refractivity contribution is 6.05. The number of rotatable bonds is 2. The van der Waals surface area contributed by atoms with Crippen molar-refractivity contribution >= 4 is 27.9 Å². The monoisotopic (exact) mass is 266 g/mol. The molecule has 2 aromatic carbocycles. The number of furan rings is 1. The summed E-state index contributed by atoms with van der Waals surface area (Å²) in [7, 11) is 0. The third-order valence-electron chi connectivity index (χ3n) is 4.01. The van der Waals surface area contributed by atoms with Crippen molar-refractivity contribution in [1.82, 2.24) is 0 Å². The molecule has 0 aliphatic heterocycles. The van der Waals surface area contributed by atoms with E-state index in [2.05, 4.69) is 0 Å². The van der Waals surface area contributed by atoms with E-state index in [0.29, 0.717) is 5.75 Å². The molecular weight excluding hydrogens is 252 g/mol. The Hall–Kier alpha value is -2.29. The molecule has 1 aliphatic carbocycles. The van der Waals surface area contributed by atoms with E-state index in [0.717, 1.165) is 41.2 Å². The molecule has 3 aromatic rings. The summed E-state index contributed by atoms with van der Waals surface area (Å²) in [5.41, 5.74) is 1.67. The van der Waals surface area contributed by atoms with Gasteiger partial charge in [0, 0.05) is 10.8 Å². The predicted octanol–water partition coefficient (Wildman–Crippen LogP) is 4.29. The second-order valence-electron chi connectivity index (χ2n) is 5.31. The number of benzene rings is 2. The maximum atomic E-state index is 11.9. The Labute approximate surface area is 116 Å². The van der Waals surface area contributed by atoms with Gasteiger partial charge in [-0.2, -0.15) is 0 Å². The molecule has 0 unspecified atom stereocenters. The van der Waals surface area contributed by atoms with Gasteiger partial charge >= 0.3 is 5.97 Å². The van der Waals surface area contributed by atoms with E-state index in [-0.39, 0.29) is 11.9 Å². The quantitative estimate of drug-likeness (QED) is 0.513. The van der Waals surface area contributed by atoms with E-state index in [4.69, 9.17) is 9.15 Å². The first-order valence-corrected chi connectivity index (χ1v) is 6.94. The summed E-state index contributed by atoms with van der Waals surface area (Å²) in [6.07, 6.45) is 3.04. The second-order valence-corrected chi connectivity index (χ2v) is 5.31. The number of ether oxygens (including phenoxy) is 1. The van der Waals surface area contributed by atoms with Gasteiger partial charge in [-0.3, -0.25) is 4.79 Å². The number of carbonyl (C=O) groups is 1. The van der Waals surface area contributed by atoms with Crippen LogP contribution in [0.3, 0.4) is 0 Å². The summed E-state index contributed by atoms with van der Waals surface area (Å²) in [4.78, 5) is 11.9. The SMILES string of the molecule is O=C(Oc1ccc2oc3ccccc3c2c1)C1CCC1. The van der Waals surface area contributed by atoms with E-state index in [1.54, 1.807) is 6.07 Å². The Morgan fingerprint density at radius 2 is 1.85 bits per heavy atom. The van der Waals surface area contributed by atoms with Crippen LogP contribution in [0.15, 0.2) is 46.9 Å². The molecule has 0 amide bonds. The molecule has 0 bridgehead atoms. The molecule has 1 fully saturated rings. The maximum absolute atomic E-state index is 11.9. The first kappa shape index (κ1) is 11.5. The molecular formula is C17H14O3. The van der Waals surface area contributed by atoms with Gasteiger partial charge in [-0.05, 0) is 37.1 Å². The van der Waals surface area contributed by atoms with Crippen molar-refractivity contribution in [3.63, 3.8) is 0 Å². The van der Waals surface area contributed by atoms with Crippen molar-refractivity contribution < 1.29 is 13.9 Å². The normalized spacial score (nSPS) is 15.4. The molecule has 0 N–H and O–H groups in total. The van der Waals surface area contributed by atoms with Gasteiger partial charge in [0.2, 0.25) is 0 Å². The zero-order chi connectivity index (χ0) is 13.5. The molecule has 20 heavy (non-hydrogen) atoms. The van der Waals surface area contributed by atoms with Crippen LogP contribution in [-0.4, -0.2) is 5.97 Å². The minimum Gasteiger partial charge on any atom is -0.456 e. The summed E-state index contributed by atoms with van der Waals surface area (Å²) in [5.74, 6) is 0.580. The van der Waals surface area contributed by atoms with E-state index in [1.807, 2.05) is 36.4 Å². The van der Waals surface area contributed by atoms with E-state index in [1.165, 1.54) is 0 Å². The molecule has 0 atom stereocenters. The Morgan fingerprint density at radius 3 is 2.65 bits per heavy atom. The summed E-state index contributed by atoms with van der Waals surface area (Å²) in [6.45, 7) is 0. The molecule has 100 valence electrons. The Kier molecular flexibility index (Phi) is 2.52. The van der Waals surface area contributed by atoms with Crippen molar-refractivity contribution in [2.24, 2.45) is 5.92 Å². The highest BCUT2D eigenvalue weighted by Gasteiger charge is 2.27. The topological polar surface area (TPSA) is 39.4 Å². The molecule has 1 aliphatic rings. The lowest BCUT2D eigenvalue weighted by Gasteiger charge is -2.22. The highest BCUT2D eigenvalue weighted by atomic mass is 16.5. The fourth-order valence-electron chi connectivity index (χ4n) is 2.61. The maximum Gasteiger partial charge on any atom is 0.314 e. The van der Waals surface area contributed by atoms with Crippen LogP contribution in [0.25, 0.3) is 21.9 Å². The fraction of sp³-hybridized carbons (Fsp3) is 0.235. The summed E-state index contributed by atoms with van der Waals surface area (Å²) >= 11 is 0. The summed E-state index contributed by atoms with van der Waals surface area (Å²) in [5, 5.41) is 2.03. The van der Waals surface area contributed by atoms with Gasteiger partial charge < -0.3 is 9.15 Å². The van der Waals surface area contributed by atoms with Crippen LogP contribution in [0.2, 0.25) is 0 Å². The average molecular weight is 266 g/mol. The highest BCUT2D eigenvalue weighted by Crippen LogP contribution is 2.32. The van der Waals surface area contributed by atoms with Crippen LogP contribution < -0.4 is 4.74 Å². The van der Waals surface area contributed by atoms with Crippen LogP contribution in [0.4, 0.5) is 0 Å². The van der Waals surface area contributed by atoms with Crippen molar-refractivity contribution in [3.8, 4) is 5.75 Å². The Morgan fingerprint density at radius 1 is 1.05 bits per heavy atom. The first-order valence-electron chi connectivity index (χ1n) is 6.94. The second kappa shape index (κ2) is 4.37. The van der Waals surface area contributed by atoms with Crippen molar-refractivity contribution in [1.29, 1.82) is 0 Å². The van der Waals surface area contributed by atoms with Crippen molar-refractivity contribution in [2.45, 2.75) is 19.3 Å². The standard InChI is InChI=1S/C17H14O3/c18-17(11-4-3-5-11)19-12-8-9-16-14(10-12)13-6-1-2-7-15(13)20-16/h1-2,6-11H,3-5H2. The number of esters is 1. The van der Waals surface area contributed by atoms with Gasteiger partial charge in [-0.15, -0.1) is 0 Å². The minimum atomic E-state index is -0.108. The zero-order valence-corrected chi connectivity index (χ0v) is 11.0. The molecule has 0 radical (unpaired) electrons. The first-order chi connectivity index (χ1) is 9.81. The molecule has 3 heteroatoms. The lowest BCUT2D eigenvalue weighted by molar-refractivity contribution is -0.141. The summed E-state index contributed by atoms with van der Waals surface area (Å²) < 4.78 is 11.2. The van der Waals surface area contributed by atoms with Crippen LogP contribution in [0, 0.1) is 5.92 Å². The number of hydrogen-bond acceptors (Lipinski definition) is 3. The van der Waals surface area contributed by atoms with Crippen LogP contribution in [-0.2, 0) is 4.79 Å². The lowest BCUT2D eigenvalue weighted by atomic mass is 9.86. The molecule has 0 spiro atoms. The van der Waals surface area contributed by atoms with Crippen molar-refractivity contribution in [2.75, 3.05) is 0 Å². The van der Waals surface area contributed by atoms with E-state index >= 15 is 0 Å². The number of carbonyl (C=O) groups excluding carboxylic acids is 1. The van der Waals surface area contributed by atoms with Crippen LogP contribution in [0.5, 0.6) is 5.75 Å². The molecule has 1 aromatic heterocycles. The third-order valence-corrected chi connectivity index (χ3v) is 4.01. The molecule has 3 nitrogen and oxygen atoms in total. The lowest BCUT2D eigenvalue weighted by Crippen LogP contribution is -2.26. The van der Waals surface area contributed by atoms with Gasteiger partial charge in [0.15, 0.2) is 0 Å². The minimum absolute atomic E-state index is 0.0896. The van der Waals surface area contributed by atoms with Gasteiger partial charge in [0.25, 0.3) is 0 Å². The zero-order valence-electron chi connectivity index (χ0n) is 11.0. The molecule has 1 saturated carbocycles. The van der Waals surface area contributed by atoms with E-state index in [9.17, 15) is 4.79 Å². The van der Waals surface area contributed by atoms with Crippen LogP contribution >= 0.6 is 0 Å². The molecule has 1 heterocycles. The molecule has 4 rings (SSSR count). The van der Waals surface area contributed by atoms with E-state index < -0.39 is 0 Å².